The van der Waals surface area contributed by atoms with Crippen molar-refractivity contribution in [2.75, 3.05) is 7.05 Å². The van der Waals surface area contributed by atoms with Crippen LogP contribution in [0.25, 0.3) is 0 Å². The Hall–Kier alpha value is -1.06. The summed E-state index contributed by atoms with van der Waals surface area (Å²) in [4.78, 5) is 13.3. The summed E-state index contributed by atoms with van der Waals surface area (Å²) in [5.74, 6) is 1.21. The number of hydrogen-bond donors (Lipinski definition) is 2. The number of urea groups is 1. The molecule has 0 atom stereocenters. The Morgan fingerprint density at radius 2 is 2.12 bits per heavy atom. The summed E-state index contributed by atoms with van der Waals surface area (Å²) in [7, 11) is 1.82. The molecule has 1 saturated carbocycles. The molecule has 2 amide bonds. The minimum Gasteiger partial charge on any atom is -0.315 e. The van der Waals surface area contributed by atoms with Gasteiger partial charge in [0.15, 0.2) is 0 Å². The zero-order valence-corrected chi connectivity index (χ0v) is 10.2. The molecule has 4 heteroatoms. The van der Waals surface area contributed by atoms with Gasteiger partial charge in [0.1, 0.15) is 11.4 Å². The summed E-state index contributed by atoms with van der Waals surface area (Å²) in [5, 5.41) is 10.6. The molecule has 16 heavy (non-hydrogen) atoms. The lowest BCUT2D eigenvalue weighted by Crippen LogP contribution is -2.49. The molecule has 2 fully saturated rings. The first kappa shape index (κ1) is 11.4. The summed E-state index contributed by atoms with van der Waals surface area (Å²) in [6, 6.07) is -0.112. The summed E-state index contributed by atoms with van der Waals surface area (Å²) in [6.07, 6.45) is 6.72. The van der Waals surface area contributed by atoms with E-state index in [1.165, 1.54) is 12.8 Å². The van der Waals surface area contributed by atoms with Crippen LogP contribution in [0.1, 0.15) is 45.4 Å². The van der Waals surface area contributed by atoms with E-state index in [0.717, 1.165) is 31.6 Å². The Morgan fingerprint density at radius 3 is 2.56 bits per heavy atom. The quantitative estimate of drug-likeness (QED) is 0.741. The average Bonchev–Trinajstić information content (AvgIpc) is 2.47. The first-order valence-corrected chi connectivity index (χ1v) is 6.24. The number of rotatable bonds is 2. The fourth-order valence-corrected chi connectivity index (χ4v) is 3.11. The number of carbonyl (C=O) groups is 1. The Balaban J connectivity index is 2.06. The number of likely N-dealkylation sites (N-methyl/N-ethyl adjacent to an activating group) is 1. The van der Waals surface area contributed by atoms with Crippen molar-refractivity contribution >= 4 is 11.9 Å². The van der Waals surface area contributed by atoms with E-state index in [1.54, 1.807) is 4.90 Å². The third kappa shape index (κ3) is 1.60. The van der Waals surface area contributed by atoms with E-state index in [-0.39, 0.29) is 11.6 Å². The van der Waals surface area contributed by atoms with Crippen molar-refractivity contribution in [2.24, 2.45) is 5.92 Å². The van der Waals surface area contributed by atoms with Gasteiger partial charge >= 0.3 is 6.03 Å². The molecule has 0 aromatic heterocycles. The second-order valence-electron chi connectivity index (χ2n) is 5.13. The molecule has 2 rings (SSSR count). The zero-order valence-electron chi connectivity index (χ0n) is 10.2. The van der Waals surface area contributed by atoms with Crippen LogP contribution >= 0.6 is 0 Å². The fourth-order valence-electron chi connectivity index (χ4n) is 3.11. The summed E-state index contributed by atoms with van der Waals surface area (Å²) in [6.45, 7) is 2.22. The highest BCUT2D eigenvalue weighted by Crippen LogP contribution is 2.40. The molecule has 1 aliphatic carbocycles. The predicted octanol–water partition coefficient (Wildman–Crippen LogP) is 2.35. The molecule has 90 valence electrons. The second-order valence-corrected chi connectivity index (χ2v) is 5.13. The largest absolute Gasteiger partial charge is 0.323 e. The van der Waals surface area contributed by atoms with Gasteiger partial charge in [0.05, 0.1) is 0 Å². The molecule has 1 heterocycles. The Morgan fingerprint density at radius 1 is 1.50 bits per heavy atom. The van der Waals surface area contributed by atoms with Crippen LogP contribution in [0.5, 0.6) is 0 Å². The van der Waals surface area contributed by atoms with E-state index in [4.69, 9.17) is 5.41 Å². The highest BCUT2D eigenvalue weighted by Gasteiger charge is 2.49. The number of carbonyl (C=O) groups excluding carboxylic acids is 1. The van der Waals surface area contributed by atoms with Gasteiger partial charge < -0.3 is 4.90 Å². The first-order valence-electron chi connectivity index (χ1n) is 6.24. The van der Waals surface area contributed by atoms with Crippen molar-refractivity contribution in [1.82, 2.24) is 10.2 Å². The van der Waals surface area contributed by atoms with Crippen molar-refractivity contribution in [3.05, 3.63) is 0 Å². The van der Waals surface area contributed by atoms with E-state index in [2.05, 4.69) is 12.2 Å². The van der Waals surface area contributed by atoms with Crippen molar-refractivity contribution in [1.29, 1.82) is 5.41 Å². The molecule has 1 aliphatic heterocycles. The maximum atomic E-state index is 11.5. The molecule has 2 aliphatic rings. The van der Waals surface area contributed by atoms with Gasteiger partial charge in [-0.2, -0.15) is 0 Å². The first-order chi connectivity index (χ1) is 7.60. The summed E-state index contributed by atoms with van der Waals surface area (Å²) < 4.78 is 0. The Labute approximate surface area is 96.9 Å². The SMILES string of the molecule is CCCC1CCC2(CC1)C(=N)NC(=O)N2C. The number of nitrogens with zero attached hydrogens (tertiary/aromatic N) is 1. The van der Waals surface area contributed by atoms with Crippen LogP contribution in [0.3, 0.4) is 0 Å². The van der Waals surface area contributed by atoms with Crippen LogP contribution in [-0.4, -0.2) is 29.4 Å². The Kier molecular flexibility index (Phi) is 2.91. The second kappa shape index (κ2) is 4.07. The molecule has 1 saturated heterocycles. The molecule has 0 radical (unpaired) electrons. The maximum absolute atomic E-state index is 11.5. The topological polar surface area (TPSA) is 56.2 Å². The molecule has 0 aromatic rings. The molecule has 0 unspecified atom stereocenters. The van der Waals surface area contributed by atoms with Crippen LogP contribution < -0.4 is 5.32 Å². The lowest BCUT2D eigenvalue weighted by molar-refractivity contribution is 0.146. The molecule has 0 bridgehead atoms. The van der Waals surface area contributed by atoms with Gasteiger partial charge in [0, 0.05) is 7.05 Å². The highest BCUT2D eigenvalue weighted by molar-refractivity contribution is 6.08. The molecule has 2 N–H and O–H groups in total. The van der Waals surface area contributed by atoms with Gasteiger partial charge in [-0.05, 0) is 31.6 Å². The number of hydrogen-bond acceptors (Lipinski definition) is 2. The van der Waals surface area contributed by atoms with E-state index >= 15 is 0 Å². The lowest BCUT2D eigenvalue weighted by atomic mass is 9.74. The maximum Gasteiger partial charge on any atom is 0.323 e. The molecular formula is C12H21N3O. The molecule has 4 nitrogen and oxygen atoms in total. The summed E-state index contributed by atoms with van der Waals surface area (Å²) >= 11 is 0. The van der Waals surface area contributed by atoms with Gasteiger partial charge in [-0.15, -0.1) is 0 Å². The fraction of sp³-hybridized carbons (Fsp3) is 0.833. The Bertz CT molecular complexity index is 305. The predicted molar refractivity (Wildman–Crippen MR) is 63.6 cm³/mol. The normalized spacial score (nSPS) is 34.6. The zero-order chi connectivity index (χ0) is 11.8. The van der Waals surface area contributed by atoms with Crippen LogP contribution in [0.4, 0.5) is 4.79 Å². The molecule has 1 spiro atoms. The number of amides is 2. The number of nitrogens with one attached hydrogen (secondary N) is 2. The van der Waals surface area contributed by atoms with Gasteiger partial charge in [-0.1, -0.05) is 19.8 Å². The van der Waals surface area contributed by atoms with Crippen molar-refractivity contribution in [3.8, 4) is 0 Å². The monoisotopic (exact) mass is 223 g/mol. The van der Waals surface area contributed by atoms with Gasteiger partial charge in [0.25, 0.3) is 0 Å². The van der Waals surface area contributed by atoms with Gasteiger partial charge in [0.2, 0.25) is 0 Å². The highest BCUT2D eigenvalue weighted by atomic mass is 16.2. The third-order valence-electron chi connectivity index (χ3n) is 4.27. The van der Waals surface area contributed by atoms with E-state index in [1.807, 2.05) is 7.05 Å². The van der Waals surface area contributed by atoms with Crippen molar-refractivity contribution in [3.63, 3.8) is 0 Å². The minimum atomic E-state index is -0.304. The van der Waals surface area contributed by atoms with Crippen LogP contribution in [0, 0.1) is 11.3 Å². The van der Waals surface area contributed by atoms with E-state index < -0.39 is 0 Å². The van der Waals surface area contributed by atoms with E-state index in [9.17, 15) is 4.79 Å². The third-order valence-corrected chi connectivity index (χ3v) is 4.27. The van der Waals surface area contributed by atoms with Crippen LogP contribution in [0.2, 0.25) is 0 Å². The van der Waals surface area contributed by atoms with Crippen LogP contribution in [0.15, 0.2) is 0 Å². The number of amidine groups is 1. The van der Waals surface area contributed by atoms with Crippen LogP contribution in [-0.2, 0) is 0 Å². The average molecular weight is 223 g/mol. The van der Waals surface area contributed by atoms with E-state index in [0.29, 0.717) is 5.84 Å². The minimum absolute atomic E-state index is 0.112. The van der Waals surface area contributed by atoms with Gasteiger partial charge in [-0.3, -0.25) is 10.7 Å². The lowest BCUT2D eigenvalue weighted by Gasteiger charge is -2.40. The van der Waals surface area contributed by atoms with Crippen molar-refractivity contribution in [2.45, 2.75) is 51.0 Å². The molecule has 0 aromatic carbocycles. The standard InChI is InChI=1S/C12H21N3O/c1-3-4-9-5-7-12(8-6-9)10(13)14-11(16)15(12)2/h9H,3-8H2,1-2H3,(H2,13,14,16). The van der Waals surface area contributed by atoms with Crippen molar-refractivity contribution < 1.29 is 4.79 Å². The van der Waals surface area contributed by atoms with Gasteiger partial charge in [-0.25, -0.2) is 4.79 Å². The summed E-state index contributed by atoms with van der Waals surface area (Å²) in [5.41, 5.74) is -0.304. The molecular weight excluding hydrogens is 202 g/mol. The smallest absolute Gasteiger partial charge is 0.315 e.